The first-order chi connectivity index (χ1) is 9.19. The molecule has 0 aliphatic heterocycles. The zero-order chi connectivity index (χ0) is 13.7. The minimum Gasteiger partial charge on any atom is -0.492 e. The van der Waals surface area contributed by atoms with Gasteiger partial charge in [-0.3, -0.25) is 4.79 Å². The van der Waals surface area contributed by atoms with Crippen LogP contribution in [0.1, 0.15) is 0 Å². The molecule has 0 unspecified atom stereocenters. The van der Waals surface area contributed by atoms with E-state index in [9.17, 15) is 4.79 Å². The van der Waals surface area contributed by atoms with Crippen LogP contribution in [0.25, 0.3) is 0 Å². The molecule has 0 aliphatic carbocycles. The van der Waals surface area contributed by atoms with Gasteiger partial charge in [-0.1, -0.05) is 15.9 Å². The Morgan fingerprint density at radius 2 is 1.95 bits per heavy atom. The van der Waals surface area contributed by atoms with Crippen LogP contribution >= 0.6 is 15.9 Å². The number of aromatic nitrogens is 2. The highest BCUT2D eigenvalue weighted by Gasteiger charge is 2.01. The van der Waals surface area contributed by atoms with Gasteiger partial charge in [0.25, 0.3) is 5.56 Å². The molecule has 0 radical (unpaired) electrons. The molecule has 1 heterocycles. The van der Waals surface area contributed by atoms with E-state index >= 15 is 0 Å². The highest BCUT2D eigenvalue weighted by Crippen LogP contribution is 2.15. The maximum absolute atomic E-state index is 11.6. The van der Waals surface area contributed by atoms with Crippen molar-refractivity contribution >= 4 is 15.9 Å². The Hall–Kier alpha value is -1.82. The van der Waals surface area contributed by atoms with Crippen LogP contribution in [0.15, 0.2) is 45.7 Å². The molecule has 0 amide bonds. The van der Waals surface area contributed by atoms with Gasteiger partial charge in [-0.05, 0) is 24.3 Å². The summed E-state index contributed by atoms with van der Waals surface area (Å²) in [6.45, 7) is 0.730. The van der Waals surface area contributed by atoms with Gasteiger partial charge < -0.3 is 9.47 Å². The first-order valence-electron chi connectivity index (χ1n) is 5.69. The van der Waals surface area contributed by atoms with Gasteiger partial charge in [0, 0.05) is 16.6 Å². The number of halogens is 1. The fourth-order valence-corrected chi connectivity index (χ4v) is 1.74. The number of ether oxygens (including phenoxy) is 2. The standard InChI is InChI=1S/C13H13BrN2O3/c1-18-12-6-7-13(17)16(15-12)8-9-19-11-4-2-10(14)3-5-11/h2-7H,8-9H2,1H3. The van der Waals surface area contributed by atoms with Crippen molar-refractivity contribution in [1.29, 1.82) is 0 Å². The van der Waals surface area contributed by atoms with Gasteiger partial charge in [0.2, 0.25) is 5.88 Å². The Labute approximate surface area is 118 Å². The van der Waals surface area contributed by atoms with Crippen LogP contribution in [0.4, 0.5) is 0 Å². The van der Waals surface area contributed by atoms with E-state index in [1.165, 1.54) is 23.9 Å². The molecule has 2 aromatic rings. The molecule has 0 fully saturated rings. The van der Waals surface area contributed by atoms with E-state index in [1.807, 2.05) is 24.3 Å². The molecule has 0 N–H and O–H groups in total. The summed E-state index contributed by atoms with van der Waals surface area (Å²) in [6, 6.07) is 10.5. The van der Waals surface area contributed by atoms with Crippen molar-refractivity contribution in [2.24, 2.45) is 0 Å². The average Bonchev–Trinajstić information content (AvgIpc) is 2.43. The molecule has 0 spiro atoms. The number of nitrogens with zero attached hydrogens (tertiary/aromatic N) is 2. The minimum absolute atomic E-state index is 0.180. The summed E-state index contributed by atoms with van der Waals surface area (Å²) in [6.07, 6.45) is 0. The Morgan fingerprint density at radius 3 is 2.63 bits per heavy atom. The first kappa shape index (κ1) is 13.6. The summed E-state index contributed by atoms with van der Waals surface area (Å²) >= 11 is 3.35. The van der Waals surface area contributed by atoms with Crippen molar-refractivity contribution in [3.05, 3.63) is 51.2 Å². The lowest BCUT2D eigenvalue weighted by Crippen LogP contribution is -2.25. The van der Waals surface area contributed by atoms with E-state index in [0.29, 0.717) is 19.0 Å². The Bertz CT molecular complexity index is 596. The molecule has 0 aliphatic rings. The number of rotatable bonds is 5. The van der Waals surface area contributed by atoms with Crippen LogP contribution < -0.4 is 15.0 Å². The first-order valence-corrected chi connectivity index (χ1v) is 6.49. The Balaban J connectivity index is 1.95. The molecule has 0 atom stereocenters. The lowest BCUT2D eigenvalue weighted by molar-refractivity contribution is 0.282. The minimum atomic E-state index is -0.180. The lowest BCUT2D eigenvalue weighted by atomic mass is 10.3. The van der Waals surface area contributed by atoms with E-state index in [4.69, 9.17) is 9.47 Å². The number of methoxy groups -OCH3 is 1. The smallest absolute Gasteiger partial charge is 0.267 e. The molecule has 0 saturated heterocycles. The summed E-state index contributed by atoms with van der Waals surface area (Å²) in [4.78, 5) is 11.6. The second-order valence-corrected chi connectivity index (χ2v) is 4.66. The summed E-state index contributed by atoms with van der Waals surface area (Å²) in [7, 11) is 1.51. The number of hydrogen-bond donors (Lipinski definition) is 0. The Morgan fingerprint density at radius 1 is 1.21 bits per heavy atom. The summed E-state index contributed by atoms with van der Waals surface area (Å²) in [5, 5.41) is 4.03. The maximum Gasteiger partial charge on any atom is 0.267 e. The Kier molecular flexibility index (Phi) is 4.57. The predicted molar refractivity (Wildman–Crippen MR) is 74.7 cm³/mol. The third-order valence-corrected chi connectivity index (χ3v) is 2.97. The predicted octanol–water partition coefficient (Wildman–Crippen LogP) is 2.09. The second-order valence-electron chi connectivity index (χ2n) is 3.74. The maximum atomic E-state index is 11.6. The van der Waals surface area contributed by atoms with Gasteiger partial charge in [-0.25, -0.2) is 4.68 Å². The van der Waals surface area contributed by atoms with Crippen molar-refractivity contribution in [2.75, 3.05) is 13.7 Å². The van der Waals surface area contributed by atoms with Gasteiger partial charge in [-0.2, -0.15) is 0 Å². The van der Waals surface area contributed by atoms with Crippen molar-refractivity contribution in [3.8, 4) is 11.6 Å². The van der Waals surface area contributed by atoms with Crippen LogP contribution in [-0.4, -0.2) is 23.5 Å². The molecule has 2 rings (SSSR count). The topological polar surface area (TPSA) is 53.4 Å². The van der Waals surface area contributed by atoms with Crippen LogP contribution in [0.2, 0.25) is 0 Å². The van der Waals surface area contributed by atoms with Crippen molar-refractivity contribution in [1.82, 2.24) is 9.78 Å². The fraction of sp³-hybridized carbons (Fsp3) is 0.231. The van der Waals surface area contributed by atoms with Crippen LogP contribution in [-0.2, 0) is 6.54 Å². The van der Waals surface area contributed by atoms with E-state index in [-0.39, 0.29) is 5.56 Å². The third-order valence-electron chi connectivity index (χ3n) is 2.44. The van der Waals surface area contributed by atoms with Gasteiger partial charge in [0.05, 0.1) is 13.7 Å². The highest BCUT2D eigenvalue weighted by molar-refractivity contribution is 9.10. The average molecular weight is 325 g/mol. The normalized spacial score (nSPS) is 10.2. The molecule has 1 aromatic carbocycles. The van der Waals surface area contributed by atoms with Crippen LogP contribution in [0, 0.1) is 0 Å². The SMILES string of the molecule is COc1ccc(=O)n(CCOc2ccc(Br)cc2)n1. The molecule has 5 nitrogen and oxygen atoms in total. The number of benzene rings is 1. The van der Waals surface area contributed by atoms with Crippen molar-refractivity contribution < 1.29 is 9.47 Å². The van der Waals surface area contributed by atoms with Gasteiger partial charge in [0.1, 0.15) is 12.4 Å². The summed E-state index contributed by atoms with van der Waals surface area (Å²) in [5.41, 5.74) is -0.180. The molecular formula is C13H13BrN2O3. The monoisotopic (exact) mass is 324 g/mol. The van der Waals surface area contributed by atoms with Crippen molar-refractivity contribution in [2.45, 2.75) is 6.54 Å². The van der Waals surface area contributed by atoms with Crippen molar-refractivity contribution in [3.63, 3.8) is 0 Å². The number of hydrogen-bond acceptors (Lipinski definition) is 4. The molecule has 19 heavy (non-hydrogen) atoms. The lowest BCUT2D eigenvalue weighted by Gasteiger charge is -2.08. The molecular weight excluding hydrogens is 312 g/mol. The summed E-state index contributed by atoms with van der Waals surface area (Å²) < 4.78 is 12.8. The molecule has 0 saturated carbocycles. The van der Waals surface area contributed by atoms with E-state index in [2.05, 4.69) is 21.0 Å². The van der Waals surface area contributed by atoms with Crippen LogP contribution in [0.5, 0.6) is 11.6 Å². The summed E-state index contributed by atoms with van der Waals surface area (Å²) in [5.74, 6) is 1.15. The molecule has 0 bridgehead atoms. The van der Waals surface area contributed by atoms with E-state index in [0.717, 1.165) is 10.2 Å². The van der Waals surface area contributed by atoms with E-state index < -0.39 is 0 Å². The molecule has 100 valence electrons. The molecule has 1 aromatic heterocycles. The van der Waals surface area contributed by atoms with Gasteiger partial charge in [-0.15, -0.1) is 5.10 Å². The highest BCUT2D eigenvalue weighted by atomic mass is 79.9. The zero-order valence-corrected chi connectivity index (χ0v) is 12.0. The third kappa shape index (κ3) is 3.82. The largest absolute Gasteiger partial charge is 0.492 e. The second kappa shape index (κ2) is 6.38. The molecule has 6 heteroatoms. The van der Waals surface area contributed by atoms with Gasteiger partial charge >= 0.3 is 0 Å². The van der Waals surface area contributed by atoms with E-state index in [1.54, 1.807) is 0 Å². The van der Waals surface area contributed by atoms with Crippen LogP contribution in [0.3, 0.4) is 0 Å². The fourth-order valence-electron chi connectivity index (χ4n) is 1.48. The van der Waals surface area contributed by atoms with Gasteiger partial charge in [0.15, 0.2) is 0 Å². The zero-order valence-electron chi connectivity index (χ0n) is 10.4. The quantitative estimate of drug-likeness (QED) is 0.845.